The van der Waals surface area contributed by atoms with Crippen LogP contribution in [0.4, 0.5) is 11.6 Å². The zero-order valence-corrected chi connectivity index (χ0v) is 19.3. The molecule has 1 aromatic heterocycles. The van der Waals surface area contributed by atoms with E-state index in [4.69, 9.17) is 15.5 Å². The Morgan fingerprint density at radius 2 is 2.00 bits per heavy atom. The van der Waals surface area contributed by atoms with E-state index >= 15 is 0 Å². The summed E-state index contributed by atoms with van der Waals surface area (Å²) in [7, 11) is 0. The summed E-state index contributed by atoms with van der Waals surface area (Å²) in [5, 5.41) is 8.81. The highest BCUT2D eigenvalue weighted by Gasteiger charge is 2.17. The van der Waals surface area contributed by atoms with Crippen molar-refractivity contribution < 1.29 is 4.74 Å². The van der Waals surface area contributed by atoms with Gasteiger partial charge in [0, 0.05) is 35.2 Å². The van der Waals surface area contributed by atoms with Gasteiger partial charge < -0.3 is 21.1 Å². The Balaban J connectivity index is 1.67. The summed E-state index contributed by atoms with van der Waals surface area (Å²) in [4.78, 5) is 11.1. The minimum atomic E-state index is 0.332. The van der Waals surface area contributed by atoms with E-state index in [1.807, 2.05) is 56.3 Å². The second-order valence-electron chi connectivity index (χ2n) is 7.94. The maximum absolute atomic E-state index is 6.36. The number of nitrogens with zero attached hydrogens (tertiary/aromatic N) is 2. The van der Waals surface area contributed by atoms with Crippen molar-refractivity contribution >= 4 is 39.1 Å². The molecule has 0 amide bonds. The van der Waals surface area contributed by atoms with Crippen LogP contribution in [-0.2, 0) is 0 Å². The van der Waals surface area contributed by atoms with Gasteiger partial charge in [-0.15, -0.1) is 0 Å². The Hall–Kier alpha value is -3.03. The van der Waals surface area contributed by atoms with Crippen LogP contribution in [-0.4, -0.2) is 29.1 Å². The van der Waals surface area contributed by atoms with Gasteiger partial charge in [0.05, 0.1) is 10.6 Å². The molecule has 1 saturated heterocycles. The first-order valence-corrected chi connectivity index (χ1v) is 11.6. The van der Waals surface area contributed by atoms with Gasteiger partial charge in [-0.05, 0) is 56.3 Å². The van der Waals surface area contributed by atoms with Gasteiger partial charge >= 0.3 is 0 Å². The maximum atomic E-state index is 6.36. The Morgan fingerprint density at radius 1 is 1.19 bits per heavy atom. The van der Waals surface area contributed by atoms with Gasteiger partial charge in [-0.25, -0.2) is 9.97 Å². The Labute approximate surface area is 193 Å². The minimum Gasteiger partial charge on any atom is -0.460 e. The van der Waals surface area contributed by atoms with Crippen molar-refractivity contribution in [2.45, 2.75) is 32.7 Å². The predicted molar refractivity (Wildman–Crippen MR) is 136 cm³/mol. The molecular formula is C25H29N5OS. The van der Waals surface area contributed by atoms with Gasteiger partial charge in [-0.2, -0.15) is 0 Å². The number of nitrogens with one attached hydrogen (secondary N) is 2. The van der Waals surface area contributed by atoms with E-state index < -0.39 is 0 Å². The third-order valence-electron chi connectivity index (χ3n) is 5.30. The zero-order chi connectivity index (χ0) is 22.5. The molecule has 7 heteroatoms. The molecule has 3 aromatic rings. The third kappa shape index (κ3) is 5.23. The molecule has 1 atom stereocenters. The number of ether oxygens (including phenoxy) is 1. The van der Waals surface area contributed by atoms with Crippen molar-refractivity contribution in [1.82, 2.24) is 15.3 Å². The summed E-state index contributed by atoms with van der Waals surface area (Å²) in [5.74, 6) is 2.13. The summed E-state index contributed by atoms with van der Waals surface area (Å²) in [5.41, 5.74) is 7.69. The second-order valence-corrected chi connectivity index (χ2v) is 9.25. The van der Waals surface area contributed by atoms with E-state index in [-0.39, 0.29) is 0 Å². The number of piperidine rings is 1. The van der Waals surface area contributed by atoms with E-state index in [0.717, 1.165) is 69.4 Å². The summed E-state index contributed by atoms with van der Waals surface area (Å²) in [6, 6.07) is 14.0. The van der Waals surface area contributed by atoms with Crippen molar-refractivity contribution in [3.8, 4) is 5.75 Å². The largest absolute Gasteiger partial charge is 0.460 e. The lowest BCUT2D eigenvalue weighted by Gasteiger charge is -2.24. The molecule has 0 spiro atoms. The molecule has 0 radical (unpaired) electrons. The fourth-order valence-corrected chi connectivity index (χ4v) is 4.54. The number of nitrogen functional groups attached to an aromatic ring is 1. The summed E-state index contributed by atoms with van der Waals surface area (Å²) < 4.78 is 6.36. The molecule has 4 rings (SSSR count). The number of nitrogens with two attached hydrogens (primary N) is 1. The quantitative estimate of drug-likeness (QED) is 0.330. The smallest absolute Gasteiger partial charge is 0.223 e. The average molecular weight is 448 g/mol. The standard InChI is InChI=1S/C25H29N5OS/c1-16(2)32-24(22-12-14-28-25(30-22)29-18-7-6-13-27-15-18)17(3)31-23-11-10-21(26)19-8-4-5-9-20(19)23/h4-5,8-12,14,18,27H,1,6-7,13,15,26H2,2-3H3,(H,28,29,30)/b24-17+. The average Bonchev–Trinajstić information content (AvgIpc) is 2.80. The lowest BCUT2D eigenvalue weighted by Crippen LogP contribution is -2.38. The summed E-state index contributed by atoms with van der Waals surface area (Å²) >= 11 is 1.55. The molecule has 1 aliphatic heterocycles. The highest BCUT2D eigenvalue weighted by molar-refractivity contribution is 8.11. The van der Waals surface area contributed by atoms with Crippen LogP contribution in [0.2, 0.25) is 0 Å². The van der Waals surface area contributed by atoms with Crippen LogP contribution in [0.5, 0.6) is 5.75 Å². The molecular weight excluding hydrogens is 418 g/mol. The van der Waals surface area contributed by atoms with E-state index in [2.05, 4.69) is 22.2 Å². The monoisotopic (exact) mass is 447 g/mol. The normalized spacial score (nSPS) is 17.0. The molecule has 1 fully saturated rings. The van der Waals surface area contributed by atoms with E-state index in [1.54, 1.807) is 18.0 Å². The molecule has 4 N–H and O–H groups in total. The number of hydrogen-bond acceptors (Lipinski definition) is 7. The van der Waals surface area contributed by atoms with Crippen LogP contribution in [0.25, 0.3) is 15.7 Å². The number of hydrogen-bond donors (Lipinski definition) is 3. The number of thioether (sulfide) groups is 1. The number of aromatic nitrogens is 2. The molecule has 0 saturated carbocycles. The van der Waals surface area contributed by atoms with Crippen LogP contribution < -0.4 is 21.1 Å². The highest BCUT2D eigenvalue weighted by Crippen LogP contribution is 2.37. The molecule has 0 bridgehead atoms. The molecule has 166 valence electrons. The van der Waals surface area contributed by atoms with Crippen molar-refractivity contribution in [2.24, 2.45) is 0 Å². The van der Waals surface area contributed by atoms with E-state index in [1.165, 1.54) is 0 Å². The van der Waals surface area contributed by atoms with Crippen molar-refractivity contribution in [2.75, 3.05) is 24.1 Å². The van der Waals surface area contributed by atoms with E-state index in [9.17, 15) is 0 Å². The lowest BCUT2D eigenvalue weighted by atomic mass is 10.1. The number of anilines is 2. The van der Waals surface area contributed by atoms with Crippen molar-refractivity contribution in [1.29, 1.82) is 0 Å². The molecule has 6 nitrogen and oxygen atoms in total. The number of allylic oxidation sites excluding steroid dienone is 2. The van der Waals surface area contributed by atoms with Crippen LogP contribution in [0.15, 0.2) is 65.9 Å². The second kappa shape index (κ2) is 10.1. The first-order chi connectivity index (χ1) is 15.5. The van der Waals surface area contributed by atoms with Crippen LogP contribution in [0.3, 0.4) is 0 Å². The van der Waals surface area contributed by atoms with Crippen molar-refractivity contribution in [3.63, 3.8) is 0 Å². The van der Waals surface area contributed by atoms with Gasteiger partial charge in [0.15, 0.2) is 0 Å². The fraction of sp³-hybridized carbons (Fsp3) is 0.280. The molecule has 32 heavy (non-hydrogen) atoms. The number of benzene rings is 2. The van der Waals surface area contributed by atoms with Crippen LogP contribution in [0.1, 0.15) is 32.4 Å². The maximum Gasteiger partial charge on any atom is 0.223 e. The lowest BCUT2D eigenvalue weighted by molar-refractivity contribution is 0.437. The van der Waals surface area contributed by atoms with Gasteiger partial charge in [0.1, 0.15) is 11.5 Å². The van der Waals surface area contributed by atoms with Gasteiger partial charge in [0.2, 0.25) is 5.95 Å². The molecule has 2 aromatic carbocycles. The Morgan fingerprint density at radius 3 is 2.75 bits per heavy atom. The predicted octanol–water partition coefficient (Wildman–Crippen LogP) is 5.41. The van der Waals surface area contributed by atoms with Gasteiger partial charge in [-0.3, -0.25) is 0 Å². The minimum absolute atomic E-state index is 0.332. The Kier molecular flexibility index (Phi) is 6.97. The Bertz CT molecular complexity index is 1150. The number of fused-ring (bicyclic) bond motifs is 1. The van der Waals surface area contributed by atoms with Gasteiger partial charge in [0.25, 0.3) is 0 Å². The molecule has 2 heterocycles. The summed E-state index contributed by atoms with van der Waals surface area (Å²) in [6.45, 7) is 10.00. The SMILES string of the molecule is C=C(C)S/C(=C(\C)Oc1ccc(N)c2ccccc12)c1ccnc(NC2CCCNC2)n1. The highest BCUT2D eigenvalue weighted by atomic mass is 32.2. The molecule has 1 unspecified atom stereocenters. The van der Waals surface area contributed by atoms with Crippen molar-refractivity contribution in [3.05, 3.63) is 71.6 Å². The third-order valence-corrected chi connectivity index (χ3v) is 6.34. The van der Waals surface area contributed by atoms with Gasteiger partial charge in [-0.1, -0.05) is 42.6 Å². The topological polar surface area (TPSA) is 85.1 Å². The summed E-state index contributed by atoms with van der Waals surface area (Å²) in [6.07, 6.45) is 4.04. The van der Waals surface area contributed by atoms with Crippen LogP contribution in [0, 0.1) is 0 Å². The first-order valence-electron chi connectivity index (χ1n) is 10.8. The zero-order valence-electron chi connectivity index (χ0n) is 18.5. The molecule has 0 aliphatic carbocycles. The molecule has 1 aliphatic rings. The number of rotatable bonds is 7. The fourth-order valence-electron chi connectivity index (χ4n) is 3.79. The van der Waals surface area contributed by atoms with E-state index in [0.29, 0.717) is 12.0 Å². The van der Waals surface area contributed by atoms with Crippen LogP contribution >= 0.6 is 11.8 Å². The first kappa shape index (κ1) is 22.2.